The highest BCUT2D eigenvalue weighted by molar-refractivity contribution is 5.70. The number of halogens is 1. The lowest BCUT2D eigenvalue weighted by molar-refractivity contribution is 0.192. The van der Waals surface area contributed by atoms with Gasteiger partial charge in [0, 0.05) is 5.56 Å². The summed E-state index contributed by atoms with van der Waals surface area (Å²) in [5.41, 5.74) is 2.01. The van der Waals surface area contributed by atoms with Crippen LogP contribution in [-0.2, 0) is 0 Å². The Hall–Kier alpha value is -2.03. The quantitative estimate of drug-likeness (QED) is 0.800. The van der Waals surface area contributed by atoms with Crippen LogP contribution < -0.4 is 9.47 Å². The van der Waals surface area contributed by atoms with E-state index in [1.54, 1.807) is 19.2 Å². The van der Waals surface area contributed by atoms with Crippen LogP contribution >= 0.6 is 0 Å². The van der Waals surface area contributed by atoms with Gasteiger partial charge in [-0.05, 0) is 23.8 Å². The largest absolute Gasteiger partial charge is 0.496 e. The Morgan fingerprint density at radius 1 is 1.00 bits per heavy atom. The lowest BCUT2D eigenvalue weighted by atomic mass is 10.0. The maximum Gasteiger partial charge on any atom is 0.228 e. The van der Waals surface area contributed by atoms with E-state index in [1.807, 2.05) is 36.4 Å². The zero-order valence-electron chi connectivity index (χ0n) is 9.52. The standard InChI is InChI=1S/C14H13FO2/c1-16-14-5-3-2-4-13(14)11-6-8-12(9-7-11)17-10-15/h2-9H,10H2,1H3. The molecule has 0 saturated heterocycles. The van der Waals surface area contributed by atoms with Crippen LogP contribution in [0.1, 0.15) is 0 Å². The Balaban J connectivity index is 2.33. The van der Waals surface area contributed by atoms with Crippen molar-refractivity contribution >= 4 is 0 Å². The van der Waals surface area contributed by atoms with Crippen molar-refractivity contribution in [3.8, 4) is 22.6 Å². The van der Waals surface area contributed by atoms with Gasteiger partial charge in [-0.1, -0.05) is 30.3 Å². The van der Waals surface area contributed by atoms with E-state index >= 15 is 0 Å². The van der Waals surface area contributed by atoms with Gasteiger partial charge in [0.05, 0.1) is 7.11 Å². The zero-order valence-corrected chi connectivity index (χ0v) is 9.52. The molecule has 0 heterocycles. The van der Waals surface area contributed by atoms with Crippen molar-refractivity contribution in [3.63, 3.8) is 0 Å². The molecule has 88 valence electrons. The number of ether oxygens (including phenoxy) is 2. The highest BCUT2D eigenvalue weighted by Gasteiger charge is 2.04. The topological polar surface area (TPSA) is 18.5 Å². The first-order chi connectivity index (χ1) is 8.35. The summed E-state index contributed by atoms with van der Waals surface area (Å²) in [7, 11) is 1.64. The van der Waals surface area contributed by atoms with Gasteiger partial charge in [0.15, 0.2) is 0 Å². The first-order valence-corrected chi connectivity index (χ1v) is 5.27. The SMILES string of the molecule is COc1ccccc1-c1ccc(OCF)cc1. The van der Waals surface area contributed by atoms with E-state index in [1.165, 1.54) is 0 Å². The van der Waals surface area contributed by atoms with Crippen LogP contribution in [0.3, 0.4) is 0 Å². The molecular weight excluding hydrogens is 219 g/mol. The van der Waals surface area contributed by atoms with Crippen molar-refractivity contribution in [3.05, 3.63) is 48.5 Å². The number of rotatable bonds is 4. The lowest BCUT2D eigenvalue weighted by Crippen LogP contribution is -1.90. The number of alkyl halides is 1. The number of benzene rings is 2. The Morgan fingerprint density at radius 2 is 1.71 bits per heavy atom. The predicted molar refractivity (Wildman–Crippen MR) is 65.0 cm³/mol. The van der Waals surface area contributed by atoms with E-state index < -0.39 is 6.86 Å². The second-order valence-corrected chi connectivity index (χ2v) is 3.48. The predicted octanol–water partition coefficient (Wildman–Crippen LogP) is 3.67. The number of hydrogen-bond donors (Lipinski definition) is 0. The fourth-order valence-corrected chi connectivity index (χ4v) is 1.68. The molecule has 3 heteroatoms. The van der Waals surface area contributed by atoms with E-state index in [4.69, 9.17) is 9.47 Å². The van der Waals surface area contributed by atoms with Crippen molar-refractivity contribution in [2.24, 2.45) is 0 Å². The molecule has 0 amide bonds. The highest BCUT2D eigenvalue weighted by atomic mass is 19.1. The van der Waals surface area contributed by atoms with Gasteiger partial charge in [0.25, 0.3) is 0 Å². The summed E-state index contributed by atoms with van der Waals surface area (Å²) in [6.45, 7) is -0.812. The van der Waals surface area contributed by atoms with Crippen LogP contribution in [0.5, 0.6) is 11.5 Å². The summed E-state index contributed by atoms with van der Waals surface area (Å²) in [4.78, 5) is 0. The Bertz CT molecular complexity index is 480. The summed E-state index contributed by atoms with van der Waals surface area (Å²) in [6.07, 6.45) is 0. The van der Waals surface area contributed by atoms with Gasteiger partial charge in [-0.15, -0.1) is 0 Å². The molecule has 17 heavy (non-hydrogen) atoms. The summed E-state index contributed by atoms with van der Waals surface area (Å²) < 4.78 is 22.0. The fraction of sp³-hybridized carbons (Fsp3) is 0.143. The monoisotopic (exact) mass is 232 g/mol. The van der Waals surface area contributed by atoms with Gasteiger partial charge in [-0.3, -0.25) is 0 Å². The van der Waals surface area contributed by atoms with Crippen LogP contribution in [0.25, 0.3) is 11.1 Å². The molecule has 0 bridgehead atoms. The molecule has 0 saturated carbocycles. The van der Waals surface area contributed by atoms with E-state index in [0.29, 0.717) is 5.75 Å². The summed E-state index contributed by atoms with van der Waals surface area (Å²) in [5.74, 6) is 1.33. The summed E-state index contributed by atoms with van der Waals surface area (Å²) in [6, 6.07) is 15.0. The van der Waals surface area contributed by atoms with Crippen molar-refractivity contribution in [1.82, 2.24) is 0 Å². The minimum atomic E-state index is -0.812. The van der Waals surface area contributed by atoms with Crippen molar-refractivity contribution in [2.45, 2.75) is 0 Å². The molecule has 0 radical (unpaired) electrons. The average molecular weight is 232 g/mol. The third-order valence-corrected chi connectivity index (χ3v) is 2.49. The smallest absolute Gasteiger partial charge is 0.228 e. The number of methoxy groups -OCH3 is 1. The van der Waals surface area contributed by atoms with Gasteiger partial charge in [-0.25, -0.2) is 4.39 Å². The van der Waals surface area contributed by atoms with Crippen LogP contribution in [0, 0.1) is 0 Å². The van der Waals surface area contributed by atoms with Crippen LogP contribution in [0.4, 0.5) is 4.39 Å². The summed E-state index contributed by atoms with van der Waals surface area (Å²) in [5, 5.41) is 0. The fourth-order valence-electron chi connectivity index (χ4n) is 1.68. The lowest BCUT2D eigenvalue weighted by Gasteiger charge is -2.08. The second-order valence-electron chi connectivity index (χ2n) is 3.48. The third-order valence-electron chi connectivity index (χ3n) is 2.49. The summed E-state index contributed by atoms with van der Waals surface area (Å²) >= 11 is 0. The highest BCUT2D eigenvalue weighted by Crippen LogP contribution is 2.30. The van der Waals surface area contributed by atoms with Gasteiger partial charge in [0.1, 0.15) is 11.5 Å². The van der Waals surface area contributed by atoms with E-state index in [9.17, 15) is 4.39 Å². The van der Waals surface area contributed by atoms with E-state index in [2.05, 4.69) is 0 Å². The molecule has 0 unspecified atom stereocenters. The maximum absolute atomic E-state index is 12.0. The second kappa shape index (κ2) is 5.34. The minimum Gasteiger partial charge on any atom is -0.496 e. The molecule has 2 aromatic carbocycles. The van der Waals surface area contributed by atoms with Gasteiger partial charge in [-0.2, -0.15) is 0 Å². The molecule has 2 aromatic rings. The zero-order chi connectivity index (χ0) is 12.1. The molecule has 2 rings (SSSR count). The molecule has 0 aliphatic heterocycles. The Labute approximate surface area is 99.6 Å². The van der Waals surface area contributed by atoms with Crippen molar-refractivity contribution < 1.29 is 13.9 Å². The van der Waals surface area contributed by atoms with Crippen LogP contribution in [-0.4, -0.2) is 14.0 Å². The first kappa shape index (κ1) is 11.5. The Morgan fingerprint density at radius 3 is 2.35 bits per heavy atom. The normalized spacial score (nSPS) is 10.0. The van der Waals surface area contributed by atoms with Crippen molar-refractivity contribution in [2.75, 3.05) is 14.0 Å². The molecular formula is C14H13FO2. The van der Waals surface area contributed by atoms with Gasteiger partial charge < -0.3 is 9.47 Å². The molecule has 0 aliphatic carbocycles. The minimum absolute atomic E-state index is 0.520. The van der Waals surface area contributed by atoms with Crippen LogP contribution in [0.2, 0.25) is 0 Å². The number of hydrogen-bond acceptors (Lipinski definition) is 2. The molecule has 0 atom stereocenters. The number of para-hydroxylation sites is 1. The molecule has 2 nitrogen and oxygen atoms in total. The van der Waals surface area contributed by atoms with Gasteiger partial charge in [0.2, 0.25) is 6.86 Å². The maximum atomic E-state index is 12.0. The van der Waals surface area contributed by atoms with E-state index in [-0.39, 0.29) is 0 Å². The molecule has 0 N–H and O–H groups in total. The Kier molecular flexibility index (Phi) is 3.60. The first-order valence-electron chi connectivity index (χ1n) is 5.27. The third kappa shape index (κ3) is 2.56. The van der Waals surface area contributed by atoms with E-state index in [0.717, 1.165) is 16.9 Å². The van der Waals surface area contributed by atoms with Crippen LogP contribution in [0.15, 0.2) is 48.5 Å². The van der Waals surface area contributed by atoms with Gasteiger partial charge >= 0.3 is 0 Å². The molecule has 0 fully saturated rings. The molecule has 0 aliphatic rings. The molecule has 0 aromatic heterocycles. The molecule has 0 spiro atoms. The van der Waals surface area contributed by atoms with Crippen molar-refractivity contribution in [1.29, 1.82) is 0 Å². The average Bonchev–Trinajstić information content (AvgIpc) is 2.40.